The lowest BCUT2D eigenvalue weighted by molar-refractivity contribution is -0.136. The highest BCUT2D eigenvalue weighted by Crippen LogP contribution is 2.19. The minimum Gasteiger partial charge on any atom is -0.378 e. The first-order chi connectivity index (χ1) is 12.6. The summed E-state index contributed by atoms with van der Waals surface area (Å²) in [5.41, 5.74) is 1.56. The lowest BCUT2D eigenvalue weighted by atomic mass is 10.2. The van der Waals surface area contributed by atoms with Crippen molar-refractivity contribution >= 4 is 29.1 Å². The zero-order chi connectivity index (χ0) is 18.5. The van der Waals surface area contributed by atoms with Gasteiger partial charge in [0.05, 0.1) is 29.5 Å². The maximum atomic E-state index is 12.5. The van der Waals surface area contributed by atoms with Crippen LogP contribution < -0.4 is 5.48 Å². The van der Waals surface area contributed by atoms with Gasteiger partial charge in [-0.15, -0.1) is 11.3 Å². The number of carbonyl (C=O) groups excluding carboxylic acids is 3. The molecule has 9 nitrogen and oxygen atoms in total. The van der Waals surface area contributed by atoms with Gasteiger partial charge in [0.25, 0.3) is 11.8 Å². The molecule has 2 aliphatic heterocycles. The Morgan fingerprint density at radius 2 is 1.65 bits per heavy atom. The summed E-state index contributed by atoms with van der Waals surface area (Å²) in [4.78, 5) is 42.5. The molecular weight excluding hydrogens is 360 g/mol. The van der Waals surface area contributed by atoms with E-state index in [-0.39, 0.29) is 16.7 Å². The number of morpholine rings is 1. The highest BCUT2D eigenvalue weighted by Gasteiger charge is 2.26. The molecule has 3 rings (SSSR count). The molecule has 0 aromatic carbocycles. The molecule has 3 amide bonds. The minimum atomic E-state index is -0.625. The van der Waals surface area contributed by atoms with Crippen molar-refractivity contribution in [2.75, 3.05) is 59.0 Å². The quantitative estimate of drug-likeness (QED) is 0.537. The fraction of sp³-hybridized carbons (Fsp3) is 0.562. The van der Waals surface area contributed by atoms with Gasteiger partial charge in [-0.25, -0.2) is 5.48 Å². The third-order valence-corrected chi connectivity index (χ3v) is 5.60. The molecule has 0 bridgehead atoms. The fourth-order valence-corrected chi connectivity index (χ4v) is 3.86. The van der Waals surface area contributed by atoms with Crippen LogP contribution in [0, 0.1) is 0 Å². The second kappa shape index (κ2) is 8.58. The van der Waals surface area contributed by atoms with Gasteiger partial charge in [0.15, 0.2) is 0 Å². The van der Waals surface area contributed by atoms with Crippen molar-refractivity contribution in [3.8, 4) is 0 Å². The average molecular weight is 382 g/mol. The third kappa shape index (κ3) is 4.39. The molecule has 2 saturated heterocycles. The SMILES string of the molecule is O=C(NO)c1ccc(C(=O)N2CCN(CC(=O)N3CCOCC3)CC2)s1. The number of piperazine rings is 1. The number of amides is 3. The second-order valence-electron chi connectivity index (χ2n) is 6.17. The summed E-state index contributed by atoms with van der Waals surface area (Å²) in [6.07, 6.45) is 0. The van der Waals surface area contributed by atoms with Crippen LogP contribution in [0.2, 0.25) is 0 Å². The van der Waals surface area contributed by atoms with Crippen molar-refractivity contribution in [2.24, 2.45) is 0 Å². The monoisotopic (exact) mass is 382 g/mol. The van der Waals surface area contributed by atoms with Crippen LogP contribution in [0.3, 0.4) is 0 Å². The molecule has 0 spiro atoms. The van der Waals surface area contributed by atoms with Gasteiger partial charge in [0, 0.05) is 39.3 Å². The molecule has 0 saturated carbocycles. The van der Waals surface area contributed by atoms with Gasteiger partial charge >= 0.3 is 0 Å². The van der Waals surface area contributed by atoms with E-state index in [4.69, 9.17) is 9.94 Å². The number of nitrogens with one attached hydrogen (secondary N) is 1. The molecule has 1 aromatic rings. The molecule has 1 aromatic heterocycles. The van der Waals surface area contributed by atoms with Crippen LogP contribution in [0.4, 0.5) is 0 Å². The Labute approximate surface area is 155 Å². The number of ether oxygens (including phenoxy) is 1. The number of thiophene rings is 1. The molecule has 2 fully saturated rings. The van der Waals surface area contributed by atoms with E-state index in [2.05, 4.69) is 4.90 Å². The maximum absolute atomic E-state index is 12.5. The van der Waals surface area contributed by atoms with Crippen LogP contribution >= 0.6 is 11.3 Å². The van der Waals surface area contributed by atoms with Crippen molar-refractivity contribution in [1.29, 1.82) is 0 Å². The zero-order valence-electron chi connectivity index (χ0n) is 14.3. The van der Waals surface area contributed by atoms with E-state index in [1.54, 1.807) is 16.4 Å². The summed E-state index contributed by atoms with van der Waals surface area (Å²) < 4.78 is 5.26. The summed E-state index contributed by atoms with van der Waals surface area (Å²) in [7, 11) is 0. The summed E-state index contributed by atoms with van der Waals surface area (Å²) >= 11 is 1.05. The van der Waals surface area contributed by atoms with Crippen molar-refractivity contribution in [3.63, 3.8) is 0 Å². The normalized spacial score (nSPS) is 18.7. The Morgan fingerprint density at radius 1 is 1.00 bits per heavy atom. The molecular formula is C16H22N4O5S. The molecule has 2 N–H and O–H groups in total. The average Bonchev–Trinajstić information content (AvgIpc) is 3.18. The molecule has 10 heteroatoms. The number of carbonyl (C=O) groups is 3. The van der Waals surface area contributed by atoms with E-state index in [0.717, 1.165) is 11.3 Å². The van der Waals surface area contributed by atoms with Crippen molar-refractivity contribution < 1.29 is 24.3 Å². The van der Waals surface area contributed by atoms with Crippen LogP contribution in [0.1, 0.15) is 19.3 Å². The van der Waals surface area contributed by atoms with E-state index >= 15 is 0 Å². The Kier molecular flexibility index (Phi) is 6.20. The first-order valence-electron chi connectivity index (χ1n) is 8.50. The Balaban J connectivity index is 1.48. The maximum Gasteiger partial charge on any atom is 0.284 e. The van der Waals surface area contributed by atoms with Crippen LogP contribution in [-0.4, -0.2) is 96.7 Å². The topological polar surface area (TPSA) is 102 Å². The molecule has 142 valence electrons. The summed E-state index contributed by atoms with van der Waals surface area (Å²) in [5, 5.41) is 8.65. The number of hydrogen-bond acceptors (Lipinski definition) is 7. The highest BCUT2D eigenvalue weighted by atomic mass is 32.1. The lowest BCUT2D eigenvalue weighted by Gasteiger charge is -2.35. The van der Waals surface area contributed by atoms with Gasteiger partial charge in [-0.1, -0.05) is 0 Å². The molecule has 0 unspecified atom stereocenters. The summed E-state index contributed by atoms with van der Waals surface area (Å²) in [5.74, 6) is -0.655. The fourth-order valence-electron chi connectivity index (χ4n) is 3.00. The largest absolute Gasteiger partial charge is 0.378 e. The highest BCUT2D eigenvalue weighted by molar-refractivity contribution is 7.15. The van der Waals surface area contributed by atoms with Crippen molar-refractivity contribution in [1.82, 2.24) is 20.2 Å². The van der Waals surface area contributed by atoms with Crippen LogP contribution in [0.15, 0.2) is 12.1 Å². The van der Waals surface area contributed by atoms with Crippen molar-refractivity contribution in [3.05, 3.63) is 21.9 Å². The van der Waals surface area contributed by atoms with E-state index in [9.17, 15) is 14.4 Å². The second-order valence-corrected chi connectivity index (χ2v) is 7.25. The molecule has 26 heavy (non-hydrogen) atoms. The van der Waals surface area contributed by atoms with E-state index in [1.165, 1.54) is 6.07 Å². The summed E-state index contributed by atoms with van der Waals surface area (Å²) in [6.45, 7) is 5.16. The molecule has 3 heterocycles. The van der Waals surface area contributed by atoms with Crippen molar-refractivity contribution in [2.45, 2.75) is 0 Å². The van der Waals surface area contributed by atoms with Crippen LogP contribution in [0.25, 0.3) is 0 Å². The van der Waals surface area contributed by atoms with Gasteiger partial charge < -0.3 is 14.5 Å². The van der Waals surface area contributed by atoms with E-state index < -0.39 is 5.91 Å². The standard InChI is InChI=1S/C16H22N4O5S/c21-14(19-7-9-25-10-8-19)11-18-3-5-20(6-4-18)16(23)13-2-1-12(26-13)15(22)17-24/h1-2,24H,3-11H2,(H,17,22). The number of nitrogens with zero attached hydrogens (tertiary/aromatic N) is 3. The van der Waals surface area contributed by atoms with E-state index in [0.29, 0.717) is 63.9 Å². The van der Waals surface area contributed by atoms with Crippen LogP contribution in [-0.2, 0) is 9.53 Å². The van der Waals surface area contributed by atoms with Gasteiger partial charge in [0.2, 0.25) is 5.91 Å². The Bertz CT molecular complexity index is 665. The number of rotatable bonds is 4. The minimum absolute atomic E-state index is 0.103. The predicted octanol–water partition coefficient (Wildman–Crippen LogP) is -0.516. The number of hydroxylamine groups is 1. The van der Waals surface area contributed by atoms with Gasteiger partial charge in [-0.05, 0) is 12.1 Å². The van der Waals surface area contributed by atoms with E-state index in [1.807, 2.05) is 4.90 Å². The molecule has 0 aliphatic carbocycles. The first-order valence-corrected chi connectivity index (χ1v) is 9.31. The Morgan fingerprint density at radius 3 is 2.31 bits per heavy atom. The van der Waals surface area contributed by atoms with Gasteiger partial charge in [-0.2, -0.15) is 0 Å². The Hall–Kier alpha value is -2.01. The van der Waals surface area contributed by atoms with Gasteiger partial charge in [0.1, 0.15) is 0 Å². The molecule has 2 aliphatic rings. The third-order valence-electron chi connectivity index (χ3n) is 4.52. The first kappa shape index (κ1) is 18.8. The number of hydrogen-bond donors (Lipinski definition) is 2. The van der Waals surface area contributed by atoms with Gasteiger partial charge in [-0.3, -0.25) is 24.5 Å². The molecule has 0 atom stereocenters. The summed E-state index contributed by atoms with van der Waals surface area (Å²) in [6, 6.07) is 3.10. The predicted molar refractivity (Wildman–Crippen MR) is 93.3 cm³/mol. The molecule has 0 radical (unpaired) electrons. The smallest absolute Gasteiger partial charge is 0.284 e. The lowest BCUT2D eigenvalue weighted by Crippen LogP contribution is -2.52. The zero-order valence-corrected chi connectivity index (χ0v) is 15.2. The van der Waals surface area contributed by atoms with Crippen LogP contribution in [0.5, 0.6) is 0 Å².